The summed E-state index contributed by atoms with van der Waals surface area (Å²) < 4.78 is 28.0. The van der Waals surface area contributed by atoms with Gasteiger partial charge in [0.05, 0.1) is 11.5 Å². The predicted octanol–water partition coefficient (Wildman–Crippen LogP) is 3.26. The van der Waals surface area contributed by atoms with Gasteiger partial charge < -0.3 is 10.1 Å². The van der Waals surface area contributed by atoms with Crippen LogP contribution in [0.15, 0.2) is 53.4 Å². The maximum atomic E-state index is 11.2. The Kier molecular flexibility index (Phi) is 5.41. The molecule has 0 heterocycles. The monoisotopic (exact) mass is 320 g/mol. The molecule has 0 fully saturated rings. The van der Waals surface area contributed by atoms with Crippen molar-refractivity contribution in [2.45, 2.75) is 24.7 Å². The predicted molar refractivity (Wildman–Crippen MR) is 87.9 cm³/mol. The van der Waals surface area contributed by atoms with Crippen LogP contribution in [0.1, 0.15) is 19.8 Å². The lowest BCUT2D eigenvalue weighted by molar-refractivity contribution is 0.309. The summed E-state index contributed by atoms with van der Waals surface area (Å²) >= 11 is 0. The molecule has 0 aliphatic heterocycles. The van der Waals surface area contributed by atoms with Crippen LogP contribution in [-0.2, 0) is 10.0 Å². The van der Waals surface area contributed by atoms with E-state index in [2.05, 4.69) is 12.2 Å². The molecule has 0 aliphatic carbocycles. The highest BCUT2D eigenvalue weighted by Gasteiger charge is 2.06. The van der Waals surface area contributed by atoms with Crippen LogP contribution in [0, 0.1) is 0 Å². The van der Waals surface area contributed by atoms with Crippen LogP contribution in [0.4, 0.5) is 11.4 Å². The molecule has 0 aromatic heterocycles. The lowest BCUT2D eigenvalue weighted by Gasteiger charge is -2.09. The fourth-order valence-electron chi connectivity index (χ4n) is 1.86. The van der Waals surface area contributed by atoms with Gasteiger partial charge in [-0.15, -0.1) is 0 Å². The van der Waals surface area contributed by atoms with Crippen molar-refractivity contribution in [3.05, 3.63) is 48.5 Å². The molecule has 0 saturated heterocycles. The van der Waals surface area contributed by atoms with Crippen LogP contribution in [0.3, 0.4) is 0 Å². The van der Waals surface area contributed by atoms with E-state index in [1.54, 1.807) is 12.1 Å². The van der Waals surface area contributed by atoms with Gasteiger partial charge in [0.15, 0.2) is 0 Å². The van der Waals surface area contributed by atoms with E-state index in [1.165, 1.54) is 12.1 Å². The Morgan fingerprint density at radius 3 is 2.05 bits per heavy atom. The van der Waals surface area contributed by atoms with Gasteiger partial charge in [-0.25, -0.2) is 13.6 Å². The number of benzene rings is 2. The van der Waals surface area contributed by atoms with Crippen molar-refractivity contribution in [3.63, 3.8) is 0 Å². The van der Waals surface area contributed by atoms with E-state index in [0.717, 1.165) is 36.6 Å². The number of primary sulfonamides is 1. The van der Waals surface area contributed by atoms with Crippen LogP contribution >= 0.6 is 0 Å². The number of rotatable bonds is 7. The SMILES string of the molecule is CCCCOc1ccc(Nc2ccc(S(N)(=O)=O)cc2)cc1. The van der Waals surface area contributed by atoms with E-state index < -0.39 is 10.0 Å². The number of nitrogens with two attached hydrogens (primary N) is 1. The highest BCUT2D eigenvalue weighted by molar-refractivity contribution is 7.89. The van der Waals surface area contributed by atoms with Gasteiger partial charge in [0.2, 0.25) is 10.0 Å². The van der Waals surface area contributed by atoms with Crippen molar-refractivity contribution in [1.29, 1.82) is 0 Å². The first-order valence-corrected chi connectivity index (χ1v) is 8.66. The molecule has 2 rings (SSSR count). The van der Waals surface area contributed by atoms with Crippen LogP contribution in [0.2, 0.25) is 0 Å². The van der Waals surface area contributed by atoms with Crippen molar-refractivity contribution >= 4 is 21.4 Å². The summed E-state index contributed by atoms with van der Waals surface area (Å²) in [4.78, 5) is 0.0951. The standard InChI is InChI=1S/C16H20N2O3S/c1-2-3-12-21-15-8-4-13(5-9-15)18-14-6-10-16(11-7-14)22(17,19)20/h4-11,18H,2-3,12H2,1H3,(H2,17,19,20). The van der Waals surface area contributed by atoms with Crippen molar-refractivity contribution in [1.82, 2.24) is 0 Å². The molecule has 0 saturated carbocycles. The van der Waals surface area contributed by atoms with Gasteiger partial charge in [-0.05, 0) is 55.0 Å². The number of ether oxygens (including phenoxy) is 1. The molecule has 2 aromatic rings. The molecule has 0 aliphatic rings. The van der Waals surface area contributed by atoms with Crippen LogP contribution in [0.5, 0.6) is 5.75 Å². The number of unbranched alkanes of at least 4 members (excludes halogenated alkanes) is 1. The first kappa shape index (κ1) is 16.3. The summed E-state index contributed by atoms with van der Waals surface area (Å²) in [5.74, 6) is 0.837. The van der Waals surface area contributed by atoms with Gasteiger partial charge >= 0.3 is 0 Å². The smallest absolute Gasteiger partial charge is 0.238 e. The zero-order chi connectivity index (χ0) is 16.0. The minimum Gasteiger partial charge on any atom is -0.494 e. The zero-order valence-corrected chi connectivity index (χ0v) is 13.3. The molecule has 0 spiro atoms. The largest absolute Gasteiger partial charge is 0.494 e. The third-order valence-electron chi connectivity index (χ3n) is 3.09. The number of sulfonamides is 1. The molecule has 0 atom stereocenters. The van der Waals surface area contributed by atoms with Crippen LogP contribution in [0.25, 0.3) is 0 Å². The van der Waals surface area contributed by atoms with Gasteiger partial charge in [-0.1, -0.05) is 13.3 Å². The third kappa shape index (κ3) is 4.75. The van der Waals surface area contributed by atoms with Crippen molar-refractivity contribution in [2.75, 3.05) is 11.9 Å². The average molecular weight is 320 g/mol. The molecular formula is C16H20N2O3S. The molecule has 0 bridgehead atoms. The topological polar surface area (TPSA) is 81.4 Å². The Hall–Kier alpha value is -2.05. The van der Waals surface area contributed by atoms with E-state index in [-0.39, 0.29) is 4.90 Å². The Bertz CT molecular complexity index is 695. The lowest BCUT2D eigenvalue weighted by atomic mass is 10.2. The number of hydrogen-bond donors (Lipinski definition) is 2. The summed E-state index contributed by atoms with van der Waals surface area (Å²) in [5, 5.41) is 8.25. The van der Waals surface area contributed by atoms with E-state index in [9.17, 15) is 8.42 Å². The highest BCUT2D eigenvalue weighted by atomic mass is 32.2. The van der Waals surface area contributed by atoms with Crippen molar-refractivity contribution in [2.24, 2.45) is 5.14 Å². The molecule has 2 aromatic carbocycles. The molecule has 118 valence electrons. The Morgan fingerprint density at radius 2 is 1.55 bits per heavy atom. The Balaban J connectivity index is 1.98. The highest BCUT2D eigenvalue weighted by Crippen LogP contribution is 2.21. The minimum atomic E-state index is -3.65. The summed E-state index contributed by atoms with van der Waals surface area (Å²) in [6.45, 7) is 2.84. The fourth-order valence-corrected chi connectivity index (χ4v) is 2.38. The van der Waals surface area contributed by atoms with Gasteiger partial charge in [-0.3, -0.25) is 0 Å². The van der Waals surface area contributed by atoms with Gasteiger partial charge in [0.25, 0.3) is 0 Å². The molecule has 6 heteroatoms. The fraction of sp³-hybridized carbons (Fsp3) is 0.250. The number of anilines is 2. The maximum Gasteiger partial charge on any atom is 0.238 e. The molecule has 0 radical (unpaired) electrons. The average Bonchev–Trinajstić information content (AvgIpc) is 2.49. The van der Waals surface area contributed by atoms with E-state index in [4.69, 9.17) is 9.88 Å². The van der Waals surface area contributed by atoms with E-state index in [1.807, 2.05) is 24.3 Å². The maximum absolute atomic E-state index is 11.2. The second-order valence-electron chi connectivity index (χ2n) is 4.92. The molecule has 5 nitrogen and oxygen atoms in total. The summed E-state index contributed by atoms with van der Waals surface area (Å²) in [6, 6.07) is 13.9. The van der Waals surface area contributed by atoms with E-state index in [0.29, 0.717) is 0 Å². The van der Waals surface area contributed by atoms with Crippen molar-refractivity contribution < 1.29 is 13.2 Å². The first-order chi connectivity index (χ1) is 10.5. The van der Waals surface area contributed by atoms with E-state index >= 15 is 0 Å². The van der Waals surface area contributed by atoms with Crippen LogP contribution in [-0.4, -0.2) is 15.0 Å². The van der Waals surface area contributed by atoms with Gasteiger partial charge in [0, 0.05) is 11.4 Å². The third-order valence-corrected chi connectivity index (χ3v) is 4.02. The zero-order valence-electron chi connectivity index (χ0n) is 12.5. The summed E-state index contributed by atoms with van der Waals surface area (Å²) in [7, 11) is -3.65. The Labute approximate surface area is 131 Å². The Morgan fingerprint density at radius 1 is 1.00 bits per heavy atom. The summed E-state index contributed by atoms with van der Waals surface area (Å²) in [6.07, 6.45) is 2.14. The summed E-state index contributed by atoms with van der Waals surface area (Å²) in [5.41, 5.74) is 1.68. The number of hydrogen-bond acceptors (Lipinski definition) is 4. The first-order valence-electron chi connectivity index (χ1n) is 7.12. The quantitative estimate of drug-likeness (QED) is 0.767. The van der Waals surface area contributed by atoms with Crippen molar-refractivity contribution in [3.8, 4) is 5.75 Å². The molecule has 0 amide bonds. The second kappa shape index (κ2) is 7.29. The second-order valence-corrected chi connectivity index (χ2v) is 6.48. The molecule has 0 unspecified atom stereocenters. The normalized spacial score (nSPS) is 11.2. The van der Waals surface area contributed by atoms with Gasteiger partial charge in [-0.2, -0.15) is 0 Å². The molecule has 22 heavy (non-hydrogen) atoms. The minimum absolute atomic E-state index is 0.0951. The molecule has 3 N–H and O–H groups in total. The number of nitrogens with one attached hydrogen (secondary N) is 1. The lowest BCUT2D eigenvalue weighted by Crippen LogP contribution is -2.11. The van der Waals surface area contributed by atoms with Crippen LogP contribution < -0.4 is 15.2 Å². The van der Waals surface area contributed by atoms with Gasteiger partial charge in [0.1, 0.15) is 5.75 Å². The molecular weight excluding hydrogens is 300 g/mol.